The second-order valence-corrected chi connectivity index (χ2v) is 9.01. The summed E-state index contributed by atoms with van der Waals surface area (Å²) >= 11 is 0. The van der Waals surface area contributed by atoms with Crippen LogP contribution in [-0.2, 0) is 10.9 Å². The molecule has 8 heteroatoms. The first-order valence-corrected chi connectivity index (χ1v) is 9.66. The van der Waals surface area contributed by atoms with Gasteiger partial charge in [-0.2, -0.15) is 13.2 Å². The highest BCUT2D eigenvalue weighted by molar-refractivity contribution is 5.68. The lowest BCUT2D eigenvalue weighted by Crippen LogP contribution is -2.50. The minimum Gasteiger partial charge on any atom is -0.444 e. The van der Waals surface area contributed by atoms with Crippen LogP contribution >= 0.6 is 0 Å². The molecule has 0 bridgehead atoms. The summed E-state index contributed by atoms with van der Waals surface area (Å²) in [7, 11) is 0. The molecule has 3 rings (SSSR count). The highest BCUT2D eigenvalue weighted by Gasteiger charge is 2.47. The summed E-state index contributed by atoms with van der Waals surface area (Å²) in [6, 6.07) is 2.12. The normalized spacial score (nSPS) is 26.0. The van der Waals surface area contributed by atoms with Gasteiger partial charge in [0.1, 0.15) is 11.4 Å². The molecule has 1 amide bonds. The van der Waals surface area contributed by atoms with Crippen molar-refractivity contribution < 1.29 is 22.7 Å². The van der Waals surface area contributed by atoms with Gasteiger partial charge in [-0.05, 0) is 57.1 Å². The van der Waals surface area contributed by atoms with Gasteiger partial charge in [0, 0.05) is 32.4 Å². The number of nitrogens with zero attached hydrogens (tertiary/aromatic N) is 3. The third kappa shape index (κ3) is 4.36. The summed E-state index contributed by atoms with van der Waals surface area (Å²) < 4.78 is 44.5. The molecule has 3 heterocycles. The molecule has 2 aliphatic rings. The smallest absolute Gasteiger partial charge is 0.416 e. The predicted octanol–water partition coefficient (Wildman–Crippen LogP) is 4.57. The van der Waals surface area contributed by atoms with Crippen molar-refractivity contribution in [3.63, 3.8) is 0 Å². The highest BCUT2D eigenvalue weighted by Crippen LogP contribution is 2.45. The molecule has 0 saturated carbocycles. The van der Waals surface area contributed by atoms with Crippen LogP contribution in [0.4, 0.5) is 23.8 Å². The van der Waals surface area contributed by atoms with Crippen molar-refractivity contribution in [2.75, 3.05) is 31.1 Å². The van der Waals surface area contributed by atoms with Crippen molar-refractivity contribution in [2.24, 2.45) is 11.3 Å². The van der Waals surface area contributed by atoms with Crippen molar-refractivity contribution in [1.82, 2.24) is 9.88 Å². The van der Waals surface area contributed by atoms with Gasteiger partial charge in [-0.1, -0.05) is 6.92 Å². The van der Waals surface area contributed by atoms with E-state index in [9.17, 15) is 18.0 Å². The first-order valence-electron chi connectivity index (χ1n) is 9.66. The Labute approximate surface area is 163 Å². The number of amides is 1. The quantitative estimate of drug-likeness (QED) is 0.694. The maximum absolute atomic E-state index is 13.0. The molecular weight excluding hydrogens is 371 g/mol. The van der Waals surface area contributed by atoms with E-state index in [1.54, 1.807) is 4.90 Å². The largest absolute Gasteiger partial charge is 0.444 e. The first-order chi connectivity index (χ1) is 12.9. The number of piperidine rings is 1. The Bertz CT molecular complexity index is 732. The van der Waals surface area contributed by atoms with Crippen molar-refractivity contribution in [1.29, 1.82) is 0 Å². The van der Waals surface area contributed by atoms with E-state index in [0.29, 0.717) is 32.0 Å². The summed E-state index contributed by atoms with van der Waals surface area (Å²) in [6.07, 6.45) is -1.76. The number of halogens is 3. The van der Waals surface area contributed by atoms with Crippen LogP contribution in [0.15, 0.2) is 18.3 Å². The lowest BCUT2D eigenvalue weighted by Gasteiger charge is -2.44. The van der Waals surface area contributed by atoms with E-state index in [2.05, 4.69) is 11.9 Å². The number of carbonyl (C=O) groups excluding carboxylic acids is 1. The standard InChI is InChI=1S/C20H28F3N3O2/c1-14-12-25(17(27)28-18(2,3)4)9-6-19(14)7-10-26(13-19)16-11-15(5-8-24-16)20(21,22)23/h5,8,11,14H,6-7,9-10,12-13H2,1-4H3. The first kappa shape index (κ1) is 20.7. The van der Waals surface area contributed by atoms with Crippen LogP contribution in [0.5, 0.6) is 0 Å². The van der Waals surface area contributed by atoms with Gasteiger partial charge in [0.25, 0.3) is 0 Å². The van der Waals surface area contributed by atoms with E-state index in [0.717, 1.165) is 25.0 Å². The molecule has 2 unspecified atom stereocenters. The second kappa shape index (κ2) is 7.12. The number of aromatic nitrogens is 1. The van der Waals surface area contributed by atoms with E-state index in [1.165, 1.54) is 6.20 Å². The van der Waals surface area contributed by atoms with Gasteiger partial charge >= 0.3 is 12.3 Å². The maximum atomic E-state index is 13.0. The maximum Gasteiger partial charge on any atom is 0.416 e. The third-order valence-corrected chi connectivity index (χ3v) is 5.85. The van der Waals surface area contributed by atoms with E-state index in [4.69, 9.17) is 4.74 Å². The van der Waals surface area contributed by atoms with Crippen LogP contribution in [0, 0.1) is 11.3 Å². The van der Waals surface area contributed by atoms with Crippen LogP contribution < -0.4 is 4.90 Å². The minimum atomic E-state index is -4.37. The Morgan fingerprint density at radius 2 is 1.93 bits per heavy atom. The van der Waals surface area contributed by atoms with Gasteiger partial charge in [-0.25, -0.2) is 9.78 Å². The second-order valence-electron chi connectivity index (χ2n) is 9.01. The SMILES string of the molecule is CC1CN(C(=O)OC(C)(C)C)CCC12CCN(c1cc(C(F)(F)F)ccn1)C2. The van der Waals surface area contributed by atoms with E-state index in [-0.39, 0.29) is 17.4 Å². The molecule has 1 aromatic rings. The summed E-state index contributed by atoms with van der Waals surface area (Å²) in [4.78, 5) is 20.2. The number of hydrogen-bond acceptors (Lipinski definition) is 4. The number of ether oxygens (including phenoxy) is 1. The molecule has 1 spiro atoms. The average molecular weight is 399 g/mol. The van der Waals surface area contributed by atoms with Crippen LogP contribution in [0.3, 0.4) is 0 Å². The predicted molar refractivity (Wildman–Crippen MR) is 100 cm³/mol. The molecule has 28 heavy (non-hydrogen) atoms. The average Bonchev–Trinajstić information content (AvgIpc) is 3.01. The highest BCUT2D eigenvalue weighted by atomic mass is 19.4. The van der Waals surface area contributed by atoms with E-state index >= 15 is 0 Å². The monoisotopic (exact) mass is 399 g/mol. The Hall–Kier alpha value is -1.99. The fraction of sp³-hybridized carbons (Fsp3) is 0.700. The number of carbonyl (C=O) groups is 1. The molecule has 2 aliphatic heterocycles. The van der Waals surface area contributed by atoms with Crippen molar-refractivity contribution >= 4 is 11.9 Å². The molecule has 0 aromatic carbocycles. The zero-order valence-electron chi connectivity index (χ0n) is 16.8. The lowest BCUT2D eigenvalue weighted by atomic mass is 9.70. The topological polar surface area (TPSA) is 45.7 Å². The minimum absolute atomic E-state index is 0.0194. The molecular formula is C20H28F3N3O2. The molecule has 156 valence electrons. The van der Waals surface area contributed by atoms with Crippen LogP contribution in [-0.4, -0.2) is 47.8 Å². The van der Waals surface area contributed by atoms with Gasteiger partial charge < -0.3 is 14.5 Å². The number of pyridine rings is 1. The van der Waals surface area contributed by atoms with Crippen molar-refractivity contribution in [3.05, 3.63) is 23.9 Å². The molecule has 2 fully saturated rings. The van der Waals surface area contributed by atoms with Gasteiger partial charge in [-0.15, -0.1) is 0 Å². The molecule has 0 N–H and O–H groups in total. The van der Waals surface area contributed by atoms with Gasteiger partial charge in [0.2, 0.25) is 0 Å². The van der Waals surface area contributed by atoms with Crippen LogP contribution in [0.1, 0.15) is 46.1 Å². The third-order valence-electron chi connectivity index (χ3n) is 5.85. The Morgan fingerprint density at radius 1 is 1.25 bits per heavy atom. The van der Waals surface area contributed by atoms with E-state index < -0.39 is 17.3 Å². The van der Waals surface area contributed by atoms with Gasteiger partial charge in [0.15, 0.2) is 0 Å². The van der Waals surface area contributed by atoms with E-state index in [1.807, 2.05) is 25.7 Å². The summed E-state index contributed by atoms with van der Waals surface area (Å²) in [6.45, 7) is 10.2. The Balaban J connectivity index is 1.67. The molecule has 0 aliphatic carbocycles. The molecule has 1 aromatic heterocycles. The lowest BCUT2D eigenvalue weighted by molar-refractivity contribution is -0.137. The molecule has 2 atom stereocenters. The number of likely N-dealkylation sites (tertiary alicyclic amines) is 1. The number of alkyl halides is 3. The van der Waals surface area contributed by atoms with Crippen LogP contribution in [0.2, 0.25) is 0 Å². The number of rotatable bonds is 1. The number of hydrogen-bond donors (Lipinski definition) is 0. The fourth-order valence-electron chi connectivity index (χ4n) is 4.18. The summed E-state index contributed by atoms with van der Waals surface area (Å²) in [5, 5.41) is 0. The van der Waals surface area contributed by atoms with Crippen molar-refractivity contribution in [2.45, 2.75) is 52.3 Å². The zero-order valence-corrected chi connectivity index (χ0v) is 16.8. The molecule has 5 nitrogen and oxygen atoms in total. The number of anilines is 1. The van der Waals surface area contributed by atoms with Gasteiger partial charge in [-0.3, -0.25) is 0 Å². The molecule has 2 saturated heterocycles. The fourth-order valence-corrected chi connectivity index (χ4v) is 4.18. The Kier molecular flexibility index (Phi) is 5.27. The zero-order chi connectivity index (χ0) is 20.7. The molecule has 0 radical (unpaired) electrons. The van der Waals surface area contributed by atoms with Crippen LogP contribution in [0.25, 0.3) is 0 Å². The van der Waals surface area contributed by atoms with Crippen molar-refractivity contribution in [3.8, 4) is 0 Å². The summed E-state index contributed by atoms with van der Waals surface area (Å²) in [5.41, 5.74) is -1.23. The Morgan fingerprint density at radius 3 is 2.54 bits per heavy atom. The van der Waals surface area contributed by atoms with Gasteiger partial charge in [0.05, 0.1) is 5.56 Å². The summed E-state index contributed by atoms with van der Waals surface area (Å²) in [5.74, 6) is 0.595.